The van der Waals surface area contributed by atoms with Crippen molar-refractivity contribution in [3.05, 3.63) is 43.9 Å². The average Bonchev–Trinajstić information content (AvgIpc) is 2.82. The second-order valence-electron chi connectivity index (χ2n) is 13.8. The maximum Gasteiger partial charge on any atom is 0.309 e. The number of unbranched alkanes of at least 4 members (excludes halogenated alkanes) is 2. The molecule has 2 aliphatic heterocycles. The van der Waals surface area contributed by atoms with Gasteiger partial charge in [0.1, 0.15) is 0 Å². The minimum Gasteiger partial charge on any atom is -0.481 e. The number of hydrogen-bond acceptors (Lipinski definition) is 4. The fourth-order valence-corrected chi connectivity index (χ4v) is 7.96. The summed E-state index contributed by atoms with van der Waals surface area (Å²) in [7, 11) is 0. The molecule has 2 rings (SSSR count). The van der Waals surface area contributed by atoms with Crippen molar-refractivity contribution in [3.8, 4) is 0 Å². The Labute approximate surface area is 242 Å². The van der Waals surface area contributed by atoms with Crippen molar-refractivity contribution in [1.82, 2.24) is 0 Å². The van der Waals surface area contributed by atoms with E-state index in [1.54, 1.807) is 0 Å². The summed E-state index contributed by atoms with van der Waals surface area (Å²) in [6, 6.07) is 0. The van der Waals surface area contributed by atoms with E-state index in [1.807, 2.05) is 37.4 Å². The Balaban J connectivity index is 1.91. The van der Waals surface area contributed by atoms with Gasteiger partial charge in [-0.3, -0.25) is 4.79 Å². The highest BCUT2D eigenvalue weighted by molar-refractivity contribution is 8.07. The molecule has 0 aromatic carbocycles. The fraction of sp³-hybridized carbons (Fsp3) is 0.727. The van der Waals surface area contributed by atoms with Crippen LogP contribution < -0.4 is 0 Å². The SMILES string of the molecule is CCC1(C)C=C(CCCCC(C)(C)CO)SC(CCC2=CC(C)(C)C=C(CCCCC(C)(C)C(=O)O)S2)=C1. The molecule has 2 N–H and O–H groups in total. The number of hydrogen-bond donors (Lipinski definition) is 2. The molecular formula is C33H54O3S2. The number of carboxylic acids is 1. The van der Waals surface area contributed by atoms with Crippen molar-refractivity contribution in [1.29, 1.82) is 0 Å². The molecule has 0 fully saturated rings. The molecule has 0 saturated carbocycles. The molecule has 2 heterocycles. The van der Waals surface area contributed by atoms with Gasteiger partial charge in [-0.2, -0.15) is 0 Å². The van der Waals surface area contributed by atoms with Crippen LogP contribution in [0.3, 0.4) is 0 Å². The number of aliphatic hydroxyl groups is 1. The summed E-state index contributed by atoms with van der Waals surface area (Å²) >= 11 is 3.95. The maximum atomic E-state index is 11.4. The Bertz CT molecular complexity index is 936. The fourth-order valence-electron chi connectivity index (χ4n) is 5.00. The van der Waals surface area contributed by atoms with E-state index in [2.05, 4.69) is 65.8 Å². The van der Waals surface area contributed by atoms with E-state index in [0.29, 0.717) is 0 Å². The van der Waals surface area contributed by atoms with E-state index in [9.17, 15) is 15.0 Å². The predicted molar refractivity (Wildman–Crippen MR) is 168 cm³/mol. The van der Waals surface area contributed by atoms with Gasteiger partial charge in [0.2, 0.25) is 0 Å². The van der Waals surface area contributed by atoms with E-state index in [4.69, 9.17) is 0 Å². The van der Waals surface area contributed by atoms with E-state index in [1.165, 1.54) is 26.0 Å². The quantitative estimate of drug-likeness (QED) is 0.183. The Hall–Kier alpha value is -0.910. The van der Waals surface area contributed by atoms with Crippen LogP contribution in [0.5, 0.6) is 0 Å². The number of aliphatic carboxylic acids is 1. The summed E-state index contributed by atoms with van der Waals surface area (Å²) in [6.45, 7) is 17.5. The van der Waals surface area contributed by atoms with Crippen molar-refractivity contribution >= 4 is 29.5 Å². The van der Waals surface area contributed by atoms with Crippen molar-refractivity contribution in [2.45, 2.75) is 126 Å². The highest BCUT2D eigenvalue weighted by atomic mass is 32.2. The van der Waals surface area contributed by atoms with Crippen LogP contribution in [0.25, 0.3) is 0 Å². The minimum absolute atomic E-state index is 0.0264. The van der Waals surface area contributed by atoms with Gasteiger partial charge < -0.3 is 10.2 Å². The van der Waals surface area contributed by atoms with Crippen molar-refractivity contribution < 1.29 is 15.0 Å². The van der Waals surface area contributed by atoms with Gasteiger partial charge in [0.25, 0.3) is 0 Å². The van der Waals surface area contributed by atoms with Gasteiger partial charge in [-0.25, -0.2) is 0 Å². The first kappa shape index (κ1) is 33.3. The molecule has 3 nitrogen and oxygen atoms in total. The zero-order valence-corrected chi connectivity index (χ0v) is 27.0. The first-order chi connectivity index (χ1) is 17.6. The molecule has 0 aromatic rings. The number of thioether (sulfide) groups is 2. The smallest absolute Gasteiger partial charge is 0.309 e. The van der Waals surface area contributed by atoms with Crippen LogP contribution >= 0.6 is 23.5 Å². The molecule has 38 heavy (non-hydrogen) atoms. The van der Waals surface area contributed by atoms with Crippen molar-refractivity contribution in [2.75, 3.05) is 6.61 Å². The Morgan fingerprint density at radius 1 is 0.763 bits per heavy atom. The zero-order chi connectivity index (χ0) is 28.6. The molecule has 1 atom stereocenters. The molecule has 2 aliphatic rings. The van der Waals surface area contributed by atoms with Crippen LogP contribution in [0, 0.1) is 21.7 Å². The number of carboxylic acid groups (broad SMARTS) is 1. The monoisotopic (exact) mass is 562 g/mol. The summed E-state index contributed by atoms with van der Waals surface area (Å²) in [6.07, 6.45) is 21.4. The lowest BCUT2D eigenvalue weighted by Crippen LogP contribution is -2.23. The van der Waals surface area contributed by atoms with Crippen LogP contribution in [0.1, 0.15) is 126 Å². The van der Waals surface area contributed by atoms with Gasteiger partial charge >= 0.3 is 5.97 Å². The second kappa shape index (κ2) is 14.1. The molecule has 1 unspecified atom stereocenters. The van der Waals surface area contributed by atoms with E-state index in [0.717, 1.165) is 64.2 Å². The lowest BCUT2D eigenvalue weighted by atomic mass is 9.85. The lowest BCUT2D eigenvalue weighted by molar-refractivity contribution is -0.147. The number of aliphatic hydroxyl groups excluding tert-OH is 1. The molecule has 0 radical (unpaired) electrons. The van der Waals surface area contributed by atoms with Gasteiger partial charge in [-0.05, 0) is 96.7 Å². The van der Waals surface area contributed by atoms with Gasteiger partial charge in [-0.1, -0.05) is 102 Å². The molecule has 5 heteroatoms. The molecule has 0 aliphatic carbocycles. The molecule has 0 bridgehead atoms. The normalized spacial score (nSPS) is 21.9. The summed E-state index contributed by atoms with van der Waals surface area (Å²) in [5.41, 5.74) is -0.406. The summed E-state index contributed by atoms with van der Waals surface area (Å²) in [4.78, 5) is 17.3. The van der Waals surface area contributed by atoms with Gasteiger partial charge in [0.15, 0.2) is 0 Å². The Morgan fingerprint density at radius 2 is 1.21 bits per heavy atom. The number of rotatable bonds is 16. The topological polar surface area (TPSA) is 57.5 Å². The Morgan fingerprint density at radius 3 is 1.68 bits per heavy atom. The highest BCUT2D eigenvalue weighted by Gasteiger charge is 2.27. The van der Waals surface area contributed by atoms with Gasteiger partial charge in [0.05, 0.1) is 5.41 Å². The van der Waals surface area contributed by atoms with E-state index < -0.39 is 11.4 Å². The Kier molecular flexibility index (Phi) is 12.4. The van der Waals surface area contributed by atoms with Crippen LogP contribution in [-0.4, -0.2) is 22.8 Å². The molecule has 216 valence electrons. The van der Waals surface area contributed by atoms with Gasteiger partial charge in [-0.15, -0.1) is 0 Å². The standard InChI is InChI=1S/C33H54O3S2/c1-9-33(8)22-26(15-10-12-18-30(2,3)24-34)38-28(23-33)17-16-27-21-31(4,5)20-25(37-27)14-11-13-19-32(6,7)29(35)36/h20-23,34H,9-19,24H2,1-8H3,(H,35,36). The van der Waals surface area contributed by atoms with Crippen LogP contribution in [-0.2, 0) is 4.79 Å². The molecule has 0 spiro atoms. The van der Waals surface area contributed by atoms with Gasteiger partial charge in [0, 0.05) is 17.4 Å². The van der Waals surface area contributed by atoms with Crippen LogP contribution in [0.2, 0.25) is 0 Å². The highest BCUT2D eigenvalue weighted by Crippen LogP contribution is 2.47. The number of allylic oxidation sites excluding steroid dienone is 8. The molecule has 0 amide bonds. The minimum atomic E-state index is -0.701. The average molecular weight is 563 g/mol. The molecular weight excluding hydrogens is 508 g/mol. The third-order valence-electron chi connectivity index (χ3n) is 7.96. The largest absolute Gasteiger partial charge is 0.481 e. The number of carbonyl (C=O) groups is 1. The van der Waals surface area contributed by atoms with Crippen molar-refractivity contribution in [3.63, 3.8) is 0 Å². The lowest BCUT2D eigenvalue weighted by Gasteiger charge is -2.30. The first-order valence-corrected chi connectivity index (χ1v) is 16.3. The maximum absolute atomic E-state index is 11.4. The summed E-state index contributed by atoms with van der Waals surface area (Å²) < 4.78 is 0. The van der Waals surface area contributed by atoms with Crippen LogP contribution in [0.4, 0.5) is 0 Å². The predicted octanol–water partition coefficient (Wildman–Crippen LogP) is 10.5. The summed E-state index contributed by atoms with van der Waals surface area (Å²) in [5, 5.41) is 18.9. The second-order valence-corrected chi connectivity index (χ2v) is 16.3. The van der Waals surface area contributed by atoms with Crippen molar-refractivity contribution in [2.24, 2.45) is 21.7 Å². The zero-order valence-electron chi connectivity index (χ0n) is 25.4. The van der Waals surface area contributed by atoms with E-state index in [-0.39, 0.29) is 22.9 Å². The molecule has 0 aromatic heterocycles. The summed E-state index contributed by atoms with van der Waals surface area (Å²) in [5.74, 6) is -0.701. The molecule has 0 saturated heterocycles. The van der Waals surface area contributed by atoms with Crippen LogP contribution in [0.15, 0.2) is 43.9 Å². The van der Waals surface area contributed by atoms with E-state index >= 15 is 0 Å². The third-order valence-corrected chi connectivity index (χ3v) is 10.3. The first-order valence-electron chi connectivity index (χ1n) is 14.7. The third kappa shape index (κ3) is 11.3.